The van der Waals surface area contributed by atoms with Crippen molar-refractivity contribution < 1.29 is 13.2 Å². The highest BCUT2D eigenvalue weighted by molar-refractivity contribution is 5.67. The van der Waals surface area contributed by atoms with Gasteiger partial charge in [-0.2, -0.15) is 0 Å². The van der Waals surface area contributed by atoms with Gasteiger partial charge in [0.1, 0.15) is 5.82 Å². The number of nitrogens with zero attached hydrogens (tertiary/aromatic N) is 1. The fourth-order valence-electron chi connectivity index (χ4n) is 1.71. The molecular formula is C14H12F3N. The molecule has 2 aromatic carbocycles. The lowest BCUT2D eigenvalue weighted by molar-refractivity contribution is 0.510. The van der Waals surface area contributed by atoms with E-state index >= 15 is 0 Å². The standard InChI is InChI=1S/C14H12F3N/c1-18(2)9-6-7-10(13(16)8-9)11-4-3-5-12(15)14(11)17/h3-8H,1-2H3. The molecule has 94 valence electrons. The fourth-order valence-corrected chi connectivity index (χ4v) is 1.71. The number of anilines is 1. The van der Waals surface area contributed by atoms with E-state index in [4.69, 9.17) is 0 Å². The first-order valence-corrected chi connectivity index (χ1v) is 5.42. The number of halogens is 3. The Labute approximate surface area is 103 Å². The van der Waals surface area contributed by atoms with Crippen molar-refractivity contribution in [3.8, 4) is 11.1 Å². The van der Waals surface area contributed by atoms with Gasteiger partial charge in [0.15, 0.2) is 11.6 Å². The lowest BCUT2D eigenvalue weighted by Gasteiger charge is -2.14. The van der Waals surface area contributed by atoms with Crippen LogP contribution in [0.2, 0.25) is 0 Å². The summed E-state index contributed by atoms with van der Waals surface area (Å²) in [6.07, 6.45) is 0. The van der Waals surface area contributed by atoms with Gasteiger partial charge in [0.25, 0.3) is 0 Å². The van der Waals surface area contributed by atoms with Crippen LogP contribution in [0.25, 0.3) is 11.1 Å². The van der Waals surface area contributed by atoms with Crippen molar-refractivity contribution >= 4 is 5.69 Å². The van der Waals surface area contributed by atoms with Crippen molar-refractivity contribution in [1.82, 2.24) is 0 Å². The zero-order valence-corrected chi connectivity index (χ0v) is 10.0. The molecule has 0 spiro atoms. The summed E-state index contributed by atoms with van der Waals surface area (Å²) in [5.74, 6) is -2.59. The molecule has 0 amide bonds. The second kappa shape index (κ2) is 4.72. The van der Waals surface area contributed by atoms with E-state index in [1.165, 1.54) is 24.3 Å². The van der Waals surface area contributed by atoms with Crippen molar-refractivity contribution in [2.24, 2.45) is 0 Å². The Morgan fingerprint density at radius 3 is 2.17 bits per heavy atom. The van der Waals surface area contributed by atoms with E-state index in [1.807, 2.05) is 0 Å². The molecule has 0 aromatic heterocycles. The summed E-state index contributed by atoms with van der Waals surface area (Å²) in [5, 5.41) is 0. The molecule has 0 N–H and O–H groups in total. The van der Waals surface area contributed by atoms with Crippen molar-refractivity contribution in [3.05, 3.63) is 53.8 Å². The molecular weight excluding hydrogens is 239 g/mol. The Morgan fingerprint density at radius 2 is 1.56 bits per heavy atom. The molecule has 0 aliphatic heterocycles. The van der Waals surface area contributed by atoms with Gasteiger partial charge in [-0.05, 0) is 24.3 Å². The molecule has 0 saturated heterocycles. The molecule has 1 nitrogen and oxygen atoms in total. The van der Waals surface area contributed by atoms with E-state index in [9.17, 15) is 13.2 Å². The Kier molecular flexibility index (Phi) is 3.28. The summed E-state index contributed by atoms with van der Waals surface area (Å²) < 4.78 is 40.6. The van der Waals surface area contributed by atoms with Crippen LogP contribution >= 0.6 is 0 Å². The lowest BCUT2D eigenvalue weighted by atomic mass is 10.0. The molecule has 0 aliphatic carbocycles. The van der Waals surface area contributed by atoms with E-state index in [1.54, 1.807) is 25.1 Å². The van der Waals surface area contributed by atoms with Gasteiger partial charge in [0.2, 0.25) is 0 Å². The molecule has 0 saturated carbocycles. The number of hydrogen-bond acceptors (Lipinski definition) is 1. The maximum atomic E-state index is 13.9. The van der Waals surface area contributed by atoms with E-state index in [0.29, 0.717) is 5.69 Å². The minimum absolute atomic E-state index is 0.0533. The van der Waals surface area contributed by atoms with Crippen molar-refractivity contribution in [1.29, 1.82) is 0 Å². The molecule has 0 aliphatic rings. The first-order valence-electron chi connectivity index (χ1n) is 5.42. The lowest BCUT2D eigenvalue weighted by Crippen LogP contribution is -2.08. The van der Waals surface area contributed by atoms with Gasteiger partial charge in [-0.1, -0.05) is 12.1 Å². The maximum Gasteiger partial charge on any atom is 0.166 e. The third kappa shape index (κ3) is 2.18. The Morgan fingerprint density at radius 1 is 0.833 bits per heavy atom. The first-order chi connectivity index (χ1) is 8.50. The molecule has 0 bridgehead atoms. The maximum absolute atomic E-state index is 13.9. The number of benzene rings is 2. The second-order valence-corrected chi connectivity index (χ2v) is 4.16. The van der Waals surface area contributed by atoms with Crippen LogP contribution in [-0.4, -0.2) is 14.1 Å². The van der Waals surface area contributed by atoms with Gasteiger partial charge in [0.05, 0.1) is 0 Å². The van der Waals surface area contributed by atoms with Gasteiger partial charge in [-0.3, -0.25) is 0 Å². The molecule has 2 aromatic rings. The van der Waals surface area contributed by atoms with Crippen LogP contribution in [-0.2, 0) is 0 Å². The number of rotatable bonds is 2. The Balaban J connectivity index is 2.55. The van der Waals surface area contributed by atoms with Crippen LogP contribution in [0.5, 0.6) is 0 Å². The molecule has 0 atom stereocenters. The highest BCUT2D eigenvalue weighted by Crippen LogP contribution is 2.29. The average Bonchev–Trinajstić information content (AvgIpc) is 2.33. The molecule has 18 heavy (non-hydrogen) atoms. The number of hydrogen-bond donors (Lipinski definition) is 0. The molecule has 0 heterocycles. The summed E-state index contributed by atoms with van der Waals surface area (Å²) in [6, 6.07) is 8.11. The van der Waals surface area contributed by atoms with Crippen LogP contribution in [0.4, 0.5) is 18.9 Å². The molecule has 4 heteroatoms. The SMILES string of the molecule is CN(C)c1ccc(-c2cccc(F)c2F)c(F)c1. The average molecular weight is 251 g/mol. The predicted octanol–water partition coefficient (Wildman–Crippen LogP) is 3.84. The molecule has 2 rings (SSSR count). The highest BCUT2D eigenvalue weighted by Gasteiger charge is 2.13. The Bertz CT molecular complexity index is 579. The van der Waals surface area contributed by atoms with Gasteiger partial charge in [0, 0.05) is 30.9 Å². The summed E-state index contributed by atoms with van der Waals surface area (Å²) in [6.45, 7) is 0. The van der Waals surface area contributed by atoms with Crippen LogP contribution < -0.4 is 4.90 Å². The van der Waals surface area contributed by atoms with E-state index < -0.39 is 17.5 Å². The quantitative estimate of drug-likeness (QED) is 0.784. The zero-order chi connectivity index (χ0) is 13.3. The van der Waals surface area contributed by atoms with E-state index in [0.717, 1.165) is 6.07 Å². The van der Waals surface area contributed by atoms with Crippen molar-refractivity contribution in [2.75, 3.05) is 19.0 Å². The van der Waals surface area contributed by atoms with E-state index in [-0.39, 0.29) is 11.1 Å². The molecule has 0 fully saturated rings. The summed E-state index contributed by atoms with van der Waals surface area (Å²) >= 11 is 0. The normalized spacial score (nSPS) is 10.5. The largest absolute Gasteiger partial charge is 0.378 e. The second-order valence-electron chi connectivity index (χ2n) is 4.16. The smallest absolute Gasteiger partial charge is 0.166 e. The minimum atomic E-state index is -1.03. The Hall–Kier alpha value is -1.97. The van der Waals surface area contributed by atoms with Crippen LogP contribution in [0, 0.1) is 17.5 Å². The molecule has 0 radical (unpaired) electrons. The van der Waals surface area contributed by atoms with Gasteiger partial charge in [-0.15, -0.1) is 0 Å². The first kappa shape index (κ1) is 12.5. The van der Waals surface area contributed by atoms with Gasteiger partial charge < -0.3 is 4.90 Å². The van der Waals surface area contributed by atoms with Crippen LogP contribution in [0.3, 0.4) is 0 Å². The third-order valence-electron chi connectivity index (χ3n) is 2.71. The predicted molar refractivity (Wildman–Crippen MR) is 66.1 cm³/mol. The minimum Gasteiger partial charge on any atom is -0.378 e. The zero-order valence-electron chi connectivity index (χ0n) is 10.0. The van der Waals surface area contributed by atoms with Crippen LogP contribution in [0.1, 0.15) is 0 Å². The van der Waals surface area contributed by atoms with Crippen molar-refractivity contribution in [3.63, 3.8) is 0 Å². The van der Waals surface area contributed by atoms with Gasteiger partial charge >= 0.3 is 0 Å². The van der Waals surface area contributed by atoms with Gasteiger partial charge in [-0.25, -0.2) is 13.2 Å². The topological polar surface area (TPSA) is 3.24 Å². The monoisotopic (exact) mass is 251 g/mol. The summed E-state index contributed by atoms with van der Waals surface area (Å²) in [4.78, 5) is 1.73. The summed E-state index contributed by atoms with van der Waals surface area (Å²) in [7, 11) is 3.55. The van der Waals surface area contributed by atoms with E-state index in [2.05, 4.69) is 0 Å². The molecule has 0 unspecified atom stereocenters. The fraction of sp³-hybridized carbons (Fsp3) is 0.143. The van der Waals surface area contributed by atoms with Crippen LogP contribution in [0.15, 0.2) is 36.4 Å². The van der Waals surface area contributed by atoms with Crippen molar-refractivity contribution in [2.45, 2.75) is 0 Å². The summed E-state index contributed by atoms with van der Waals surface area (Å²) in [5.41, 5.74) is 0.642. The highest BCUT2D eigenvalue weighted by atomic mass is 19.2. The third-order valence-corrected chi connectivity index (χ3v) is 2.71.